The number of carbonyl (C=O) groups is 2. The van der Waals surface area contributed by atoms with Crippen molar-refractivity contribution in [3.8, 4) is 17.2 Å². The van der Waals surface area contributed by atoms with Gasteiger partial charge in [-0.05, 0) is 32.0 Å². The van der Waals surface area contributed by atoms with E-state index < -0.39 is 12.1 Å². The Bertz CT molecular complexity index is 1050. The van der Waals surface area contributed by atoms with Gasteiger partial charge in [0, 0.05) is 36.6 Å². The number of halogens is 3. The summed E-state index contributed by atoms with van der Waals surface area (Å²) in [4.78, 5) is 33.3. The van der Waals surface area contributed by atoms with E-state index in [-0.39, 0.29) is 5.91 Å². The Morgan fingerprint density at radius 1 is 1.17 bits per heavy atom. The Morgan fingerprint density at radius 3 is 2.30 bits per heavy atom. The summed E-state index contributed by atoms with van der Waals surface area (Å²) in [5.74, 6) is -2.12. The first kappa shape index (κ1) is 22.5. The van der Waals surface area contributed by atoms with Crippen LogP contribution in [0.15, 0.2) is 36.7 Å². The van der Waals surface area contributed by atoms with Crippen LogP contribution in [0.4, 0.5) is 19.0 Å². The number of carbonyl (C=O) groups excluding carboxylic acids is 1. The van der Waals surface area contributed by atoms with E-state index in [1.54, 1.807) is 23.1 Å². The zero-order valence-electron chi connectivity index (χ0n) is 16.1. The number of anilines is 1. The van der Waals surface area contributed by atoms with Crippen LogP contribution in [0.1, 0.15) is 18.3 Å². The van der Waals surface area contributed by atoms with E-state index in [0.29, 0.717) is 17.5 Å². The maximum atomic E-state index is 11.4. The first-order valence-corrected chi connectivity index (χ1v) is 8.38. The molecule has 0 aliphatic heterocycles. The molecule has 0 saturated carbocycles. The van der Waals surface area contributed by atoms with Crippen LogP contribution in [0.3, 0.4) is 0 Å². The Kier molecular flexibility index (Phi) is 6.82. The van der Waals surface area contributed by atoms with E-state index in [0.717, 1.165) is 17.0 Å². The molecule has 158 valence electrons. The van der Waals surface area contributed by atoms with E-state index in [1.807, 2.05) is 32.0 Å². The average molecular weight is 422 g/mol. The summed E-state index contributed by atoms with van der Waals surface area (Å²) in [6.45, 7) is 5.27. The molecule has 0 unspecified atom stereocenters. The highest BCUT2D eigenvalue weighted by molar-refractivity contribution is 5.88. The molecule has 12 heteroatoms. The quantitative estimate of drug-likeness (QED) is 0.665. The minimum atomic E-state index is -5.08. The normalized spacial score (nSPS) is 10.7. The molecule has 0 atom stereocenters. The van der Waals surface area contributed by atoms with Gasteiger partial charge in [-0.15, -0.1) is 0 Å². The number of hydrogen-bond acceptors (Lipinski definition) is 6. The van der Waals surface area contributed by atoms with Gasteiger partial charge in [-0.1, -0.05) is 0 Å². The zero-order valence-corrected chi connectivity index (χ0v) is 16.1. The molecule has 3 rings (SSSR count). The van der Waals surface area contributed by atoms with Crippen LogP contribution in [-0.2, 0) is 9.59 Å². The molecule has 0 aromatic carbocycles. The smallest absolute Gasteiger partial charge is 0.475 e. The number of nitrogens with one attached hydrogen (secondary N) is 1. The number of alkyl halides is 3. The highest BCUT2D eigenvalue weighted by Gasteiger charge is 2.38. The maximum Gasteiger partial charge on any atom is 0.490 e. The van der Waals surface area contributed by atoms with Gasteiger partial charge in [-0.25, -0.2) is 14.5 Å². The molecule has 0 radical (unpaired) electrons. The Morgan fingerprint density at radius 2 is 1.83 bits per heavy atom. The second-order valence-corrected chi connectivity index (χ2v) is 6.00. The molecule has 9 nitrogen and oxygen atoms in total. The molecule has 0 aliphatic rings. The molecule has 0 bridgehead atoms. The van der Waals surface area contributed by atoms with Crippen molar-refractivity contribution in [2.45, 2.75) is 26.9 Å². The standard InChI is InChI=1S/C16H16N6O.C2HF3O2/c1-10-7-11(2)22(21-10)16-19-14(13-5-4-6-17-9-13)8-15(20-16)18-12(3)23;3-2(4,5)1(6)7/h4-9H,1-3H3,(H,18,19,20,23);(H,6,7). The molecule has 3 aromatic heterocycles. The predicted octanol–water partition coefficient (Wildman–Crippen LogP) is 2.93. The monoisotopic (exact) mass is 422 g/mol. The van der Waals surface area contributed by atoms with Crippen LogP contribution < -0.4 is 5.32 Å². The molecule has 0 aliphatic carbocycles. The number of aliphatic carboxylic acids is 1. The van der Waals surface area contributed by atoms with E-state index in [2.05, 4.69) is 25.4 Å². The summed E-state index contributed by atoms with van der Waals surface area (Å²) >= 11 is 0. The van der Waals surface area contributed by atoms with Crippen LogP contribution in [-0.4, -0.2) is 47.9 Å². The zero-order chi connectivity index (χ0) is 22.5. The number of nitrogens with zero attached hydrogens (tertiary/aromatic N) is 5. The molecule has 2 N–H and O–H groups in total. The number of hydrogen-bond donors (Lipinski definition) is 2. The largest absolute Gasteiger partial charge is 0.490 e. The lowest BCUT2D eigenvalue weighted by atomic mass is 10.2. The van der Waals surface area contributed by atoms with Crippen LogP contribution >= 0.6 is 0 Å². The summed E-state index contributed by atoms with van der Waals surface area (Å²) in [5.41, 5.74) is 3.29. The molecular formula is C18H17F3N6O3. The Balaban J connectivity index is 0.000000396. The molecule has 3 heterocycles. The predicted molar refractivity (Wildman–Crippen MR) is 99.9 cm³/mol. The van der Waals surface area contributed by atoms with Gasteiger partial charge in [0.05, 0.1) is 11.4 Å². The third-order valence-electron chi connectivity index (χ3n) is 3.42. The Hall–Kier alpha value is -3.83. The van der Waals surface area contributed by atoms with Crippen LogP contribution in [0.2, 0.25) is 0 Å². The van der Waals surface area contributed by atoms with E-state index in [9.17, 15) is 18.0 Å². The highest BCUT2D eigenvalue weighted by atomic mass is 19.4. The lowest BCUT2D eigenvalue weighted by Crippen LogP contribution is -2.21. The fourth-order valence-corrected chi connectivity index (χ4v) is 2.27. The molecule has 0 spiro atoms. The van der Waals surface area contributed by atoms with Gasteiger partial charge in [0.2, 0.25) is 5.91 Å². The van der Waals surface area contributed by atoms with Gasteiger partial charge in [0.15, 0.2) is 0 Å². The van der Waals surface area contributed by atoms with Crippen LogP contribution in [0, 0.1) is 13.8 Å². The topological polar surface area (TPSA) is 123 Å². The van der Waals surface area contributed by atoms with Gasteiger partial charge in [-0.2, -0.15) is 23.3 Å². The van der Waals surface area contributed by atoms with E-state index in [4.69, 9.17) is 9.90 Å². The summed E-state index contributed by atoms with van der Waals surface area (Å²) in [5, 5.41) is 14.2. The number of pyridine rings is 1. The minimum absolute atomic E-state index is 0.194. The maximum absolute atomic E-state index is 11.4. The number of carboxylic acid groups (broad SMARTS) is 1. The minimum Gasteiger partial charge on any atom is -0.475 e. The summed E-state index contributed by atoms with van der Waals surface area (Å²) in [6, 6.07) is 7.39. The van der Waals surface area contributed by atoms with Crippen LogP contribution in [0.25, 0.3) is 17.2 Å². The Labute approximate surface area is 168 Å². The van der Waals surface area contributed by atoms with Crippen molar-refractivity contribution in [2.75, 3.05) is 5.32 Å². The molecule has 3 aromatic rings. The second-order valence-electron chi connectivity index (χ2n) is 6.00. The van der Waals surface area contributed by atoms with E-state index >= 15 is 0 Å². The summed E-state index contributed by atoms with van der Waals surface area (Å²) < 4.78 is 33.4. The average Bonchev–Trinajstić information content (AvgIpc) is 2.99. The molecule has 1 amide bonds. The lowest BCUT2D eigenvalue weighted by Gasteiger charge is -2.09. The van der Waals surface area contributed by atoms with Crippen molar-refractivity contribution < 1.29 is 27.9 Å². The van der Waals surface area contributed by atoms with Gasteiger partial charge >= 0.3 is 12.1 Å². The number of aryl methyl sites for hydroxylation is 2. The van der Waals surface area contributed by atoms with Crippen molar-refractivity contribution in [3.63, 3.8) is 0 Å². The number of amides is 1. The first-order valence-electron chi connectivity index (χ1n) is 8.38. The van der Waals surface area contributed by atoms with Crippen molar-refractivity contribution in [1.82, 2.24) is 24.7 Å². The molecule has 30 heavy (non-hydrogen) atoms. The number of rotatable bonds is 3. The molecular weight excluding hydrogens is 405 g/mol. The summed E-state index contributed by atoms with van der Waals surface area (Å²) in [6.07, 6.45) is -1.67. The van der Waals surface area contributed by atoms with Crippen molar-refractivity contribution in [2.24, 2.45) is 0 Å². The third-order valence-corrected chi connectivity index (χ3v) is 3.42. The fraction of sp³-hybridized carbons (Fsp3) is 0.222. The van der Waals surface area contributed by atoms with Crippen LogP contribution in [0.5, 0.6) is 0 Å². The summed E-state index contributed by atoms with van der Waals surface area (Å²) in [7, 11) is 0. The number of carboxylic acids is 1. The van der Waals surface area contributed by atoms with Crippen molar-refractivity contribution in [3.05, 3.63) is 48.0 Å². The first-order chi connectivity index (χ1) is 14.0. The third kappa shape index (κ3) is 6.09. The highest BCUT2D eigenvalue weighted by Crippen LogP contribution is 2.21. The van der Waals surface area contributed by atoms with Crippen molar-refractivity contribution in [1.29, 1.82) is 0 Å². The van der Waals surface area contributed by atoms with Gasteiger partial charge in [0.25, 0.3) is 5.95 Å². The SMILES string of the molecule is CC(=O)Nc1cc(-c2cccnc2)nc(-n2nc(C)cc2C)n1.O=C(O)C(F)(F)F. The van der Waals surface area contributed by atoms with Crippen molar-refractivity contribution >= 4 is 17.7 Å². The molecule has 0 saturated heterocycles. The lowest BCUT2D eigenvalue weighted by molar-refractivity contribution is -0.192. The number of aromatic nitrogens is 5. The second kappa shape index (κ2) is 9.11. The van der Waals surface area contributed by atoms with Gasteiger partial charge < -0.3 is 10.4 Å². The molecule has 0 fully saturated rings. The van der Waals surface area contributed by atoms with Gasteiger partial charge in [0.1, 0.15) is 5.82 Å². The van der Waals surface area contributed by atoms with E-state index in [1.165, 1.54) is 6.92 Å². The van der Waals surface area contributed by atoms with Gasteiger partial charge in [-0.3, -0.25) is 9.78 Å². The fourth-order valence-electron chi connectivity index (χ4n) is 2.27.